The molecule has 4 rings (SSSR count). The van der Waals surface area contributed by atoms with Crippen LogP contribution in [0.1, 0.15) is 18.4 Å². The van der Waals surface area contributed by atoms with Crippen LogP contribution in [0, 0.1) is 11.3 Å². The molecular weight excluding hydrogens is 372 g/mol. The molecule has 1 saturated carbocycles. The minimum absolute atomic E-state index is 0.360. The first-order chi connectivity index (χ1) is 14.3. The number of nitriles is 1. The summed E-state index contributed by atoms with van der Waals surface area (Å²) in [6.45, 7) is 1.95. The summed E-state index contributed by atoms with van der Waals surface area (Å²) in [4.78, 5) is 4.46. The highest BCUT2D eigenvalue weighted by Gasteiger charge is 2.21. The Balaban J connectivity index is 1.33. The molecule has 1 fully saturated rings. The van der Waals surface area contributed by atoms with Crippen molar-refractivity contribution in [3.05, 3.63) is 42.2 Å². The predicted molar refractivity (Wildman–Crippen MR) is 103 cm³/mol. The lowest BCUT2D eigenvalue weighted by Gasteiger charge is -2.09. The lowest BCUT2D eigenvalue weighted by molar-refractivity contribution is 0.0300. The number of nitrogens with zero attached hydrogens (tertiary/aromatic N) is 5. The normalized spacial score (nSPS) is 13.2. The highest BCUT2D eigenvalue weighted by Crippen LogP contribution is 2.26. The zero-order valence-corrected chi connectivity index (χ0v) is 15.7. The van der Waals surface area contributed by atoms with Gasteiger partial charge in [-0.15, -0.1) is 0 Å². The van der Waals surface area contributed by atoms with Gasteiger partial charge in [0.05, 0.1) is 43.9 Å². The molecule has 9 heteroatoms. The van der Waals surface area contributed by atoms with Gasteiger partial charge in [0, 0.05) is 11.1 Å². The number of nitrogens with one attached hydrogen (secondary N) is 1. The maximum Gasteiger partial charge on any atom is 0.183 e. The van der Waals surface area contributed by atoms with Gasteiger partial charge in [0.15, 0.2) is 11.6 Å². The molecule has 0 amide bonds. The summed E-state index contributed by atoms with van der Waals surface area (Å²) in [5.41, 5.74) is 1.91. The highest BCUT2D eigenvalue weighted by molar-refractivity contribution is 5.64. The average molecular weight is 392 g/mol. The van der Waals surface area contributed by atoms with E-state index in [1.54, 1.807) is 30.6 Å². The van der Waals surface area contributed by atoms with Crippen LogP contribution in [0.3, 0.4) is 0 Å². The standard InChI is InChI=1S/C20H20N6O3/c21-12-16-11-14(19-24-20(26-25-19)15-5-6-22-23-13-15)1-4-18(16)29-10-8-27-7-9-28-17-2-3-17/h1,4-6,11,13,17H,2-3,7-10H2,(H,24,25,26). The number of benzene rings is 1. The molecule has 0 spiro atoms. The van der Waals surface area contributed by atoms with Gasteiger partial charge < -0.3 is 14.2 Å². The number of aromatic nitrogens is 5. The first-order valence-electron chi connectivity index (χ1n) is 9.39. The Labute approximate surface area is 167 Å². The molecule has 2 aromatic heterocycles. The molecule has 0 unspecified atom stereocenters. The average Bonchev–Trinajstić information content (AvgIpc) is 3.46. The molecular formula is C20H20N6O3. The molecule has 2 heterocycles. The summed E-state index contributed by atoms with van der Waals surface area (Å²) < 4.78 is 16.7. The van der Waals surface area contributed by atoms with Crippen molar-refractivity contribution in [3.63, 3.8) is 0 Å². The fourth-order valence-electron chi connectivity index (χ4n) is 2.65. The van der Waals surface area contributed by atoms with Gasteiger partial charge in [0.1, 0.15) is 18.4 Å². The van der Waals surface area contributed by atoms with E-state index in [-0.39, 0.29) is 0 Å². The van der Waals surface area contributed by atoms with Gasteiger partial charge in [-0.25, -0.2) is 4.98 Å². The van der Waals surface area contributed by atoms with E-state index < -0.39 is 0 Å². The molecule has 1 aliphatic carbocycles. The van der Waals surface area contributed by atoms with Crippen LogP contribution < -0.4 is 4.74 Å². The van der Waals surface area contributed by atoms with Crippen LogP contribution in [0.5, 0.6) is 5.75 Å². The second kappa shape index (κ2) is 9.23. The van der Waals surface area contributed by atoms with E-state index in [9.17, 15) is 5.26 Å². The fraction of sp³-hybridized carbons (Fsp3) is 0.350. The zero-order valence-electron chi connectivity index (χ0n) is 15.7. The van der Waals surface area contributed by atoms with E-state index >= 15 is 0 Å². The van der Waals surface area contributed by atoms with Crippen molar-refractivity contribution in [1.29, 1.82) is 5.26 Å². The van der Waals surface area contributed by atoms with Crippen molar-refractivity contribution < 1.29 is 14.2 Å². The lowest BCUT2D eigenvalue weighted by atomic mass is 10.1. The Kier molecular flexibility index (Phi) is 6.04. The Morgan fingerprint density at radius 2 is 1.97 bits per heavy atom. The number of hydrogen-bond acceptors (Lipinski definition) is 8. The molecule has 1 aliphatic rings. The topological polar surface area (TPSA) is 119 Å². The largest absolute Gasteiger partial charge is 0.490 e. The molecule has 148 valence electrons. The summed E-state index contributed by atoms with van der Waals surface area (Å²) in [7, 11) is 0. The molecule has 0 radical (unpaired) electrons. The number of hydrogen-bond donors (Lipinski definition) is 1. The van der Waals surface area contributed by atoms with Crippen LogP contribution in [0.2, 0.25) is 0 Å². The third kappa shape index (κ3) is 5.13. The van der Waals surface area contributed by atoms with Crippen LogP contribution in [0.15, 0.2) is 36.7 Å². The van der Waals surface area contributed by atoms with Crippen LogP contribution in [0.25, 0.3) is 22.8 Å². The Bertz CT molecular complexity index is 981. The minimum atomic E-state index is 0.360. The van der Waals surface area contributed by atoms with Gasteiger partial charge in [-0.3, -0.25) is 5.10 Å². The van der Waals surface area contributed by atoms with Gasteiger partial charge in [-0.2, -0.15) is 20.6 Å². The number of rotatable bonds is 10. The number of aromatic amines is 1. The quantitative estimate of drug-likeness (QED) is 0.522. The minimum Gasteiger partial charge on any atom is -0.490 e. The van der Waals surface area contributed by atoms with Crippen molar-refractivity contribution >= 4 is 0 Å². The molecule has 0 bridgehead atoms. The maximum absolute atomic E-state index is 9.46. The molecule has 0 atom stereocenters. The summed E-state index contributed by atoms with van der Waals surface area (Å²) in [6.07, 6.45) is 5.92. The first kappa shape index (κ1) is 19.0. The highest BCUT2D eigenvalue weighted by atomic mass is 16.5. The maximum atomic E-state index is 9.46. The van der Waals surface area contributed by atoms with E-state index in [0.29, 0.717) is 55.5 Å². The van der Waals surface area contributed by atoms with E-state index in [1.165, 1.54) is 0 Å². The van der Waals surface area contributed by atoms with Gasteiger partial charge in [0.2, 0.25) is 0 Å². The Morgan fingerprint density at radius 1 is 1.07 bits per heavy atom. The molecule has 1 aromatic carbocycles. The smallest absolute Gasteiger partial charge is 0.183 e. The second-order valence-electron chi connectivity index (χ2n) is 6.49. The summed E-state index contributed by atoms with van der Waals surface area (Å²) >= 11 is 0. The monoisotopic (exact) mass is 392 g/mol. The van der Waals surface area contributed by atoms with Crippen molar-refractivity contribution in [2.45, 2.75) is 18.9 Å². The van der Waals surface area contributed by atoms with E-state index in [2.05, 4.69) is 31.4 Å². The SMILES string of the molecule is N#Cc1cc(-c2nc(-c3ccnnc3)n[nH]2)ccc1OCCOCCOC1CC1. The molecule has 3 aromatic rings. The first-order valence-corrected chi connectivity index (χ1v) is 9.39. The van der Waals surface area contributed by atoms with Crippen LogP contribution in [-0.2, 0) is 9.47 Å². The van der Waals surface area contributed by atoms with E-state index in [1.807, 2.05) is 6.07 Å². The summed E-state index contributed by atoms with van der Waals surface area (Å²) in [5, 5.41) is 24.1. The third-order valence-corrected chi connectivity index (χ3v) is 4.29. The van der Waals surface area contributed by atoms with Crippen molar-refractivity contribution in [2.75, 3.05) is 26.4 Å². The second-order valence-corrected chi connectivity index (χ2v) is 6.49. The van der Waals surface area contributed by atoms with E-state index in [4.69, 9.17) is 14.2 Å². The van der Waals surface area contributed by atoms with Gasteiger partial charge >= 0.3 is 0 Å². The van der Waals surface area contributed by atoms with Crippen molar-refractivity contribution in [3.8, 4) is 34.6 Å². The summed E-state index contributed by atoms with van der Waals surface area (Å²) in [5.74, 6) is 1.57. The van der Waals surface area contributed by atoms with Gasteiger partial charge in [0.25, 0.3) is 0 Å². The number of H-pyrrole nitrogens is 1. The lowest BCUT2D eigenvalue weighted by Crippen LogP contribution is -2.11. The van der Waals surface area contributed by atoms with Crippen LogP contribution >= 0.6 is 0 Å². The van der Waals surface area contributed by atoms with Crippen molar-refractivity contribution in [1.82, 2.24) is 25.4 Å². The van der Waals surface area contributed by atoms with Gasteiger partial charge in [-0.05, 0) is 37.1 Å². The van der Waals surface area contributed by atoms with Crippen LogP contribution in [-0.4, -0.2) is 57.9 Å². The number of ether oxygens (including phenoxy) is 3. The predicted octanol–water partition coefficient (Wildman–Crippen LogP) is 2.37. The summed E-state index contributed by atoms with van der Waals surface area (Å²) in [6, 6.07) is 9.23. The van der Waals surface area contributed by atoms with Crippen molar-refractivity contribution in [2.24, 2.45) is 0 Å². The molecule has 1 N–H and O–H groups in total. The molecule has 0 aliphatic heterocycles. The van der Waals surface area contributed by atoms with E-state index in [0.717, 1.165) is 24.0 Å². The van der Waals surface area contributed by atoms with Gasteiger partial charge in [-0.1, -0.05) is 0 Å². The Hall–Kier alpha value is -3.35. The molecule has 9 nitrogen and oxygen atoms in total. The molecule has 29 heavy (non-hydrogen) atoms. The fourth-order valence-corrected chi connectivity index (χ4v) is 2.65. The molecule has 0 saturated heterocycles. The Morgan fingerprint density at radius 3 is 2.76 bits per heavy atom. The zero-order chi connectivity index (χ0) is 19.9. The third-order valence-electron chi connectivity index (χ3n) is 4.29. The van der Waals surface area contributed by atoms with Crippen LogP contribution in [0.4, 0.5) is 0 Å².